The Balaban J connectivity index is 2.20. The minimum absolute atomic E-state index is 0.0409. The number of aromatic nitrogens is 3. The SMILES string of the molecule is CCCn1c(=O)[nH]c(=O)c2c(C(=O)NC(CN)C3CC3)cc(C(C)C)nc21. The molecular weight excluding hydrogens is 346 g/mol. The fourth-order valence-corrected chi connectivity index (χ4v) is 3.31. The first-order valence-corrected chi connectivity index (χ1v) is 9.56. The number of nitrogens with one attached hydrogen (secondary N) is 2. The molecule has 1 unspecified atom stereocenters. The highest BCUT2D eigenvalue weighted by Crippen LogP contribution is 2.32. The minimum atomic E-state index is -0.592. The lowest BCUT2D eigenvalue weighted by atomic mass is 10.0. The maximum Gasteiger partial charge on any atom is 0.329 e. The number of amides is 1. The zero-order valence-electron chi connectivity index (χ0n) is 16.0. The van der Waals surface area contributed by atoms with Gasteiger partial charge in [0.1, 0.15) is 0 Å². The van der Waals surface area contributed by atoms with Crippen LogP contribution in [0.5, 0.6) is 0 Å². The molecule has 0 saturated heterocycles. The molecule has 2 heterocycles. The molecule has 8 nitrogen and oxygen atoms in total. The number of nitrogens with two attached hydrogens (primary N) is 1. The second-order valence-electron chi connectivity index (χ2n) is 7.51. The van der Waals surface area contributed by atoms with Crippen molar-refractivity contribution in [3.05, 3.63) is 38.2 Å². The van der Waals surface area contributed by atoms with E-state index in [2.05, 4.69) is 15.3 Å². The van der Waals surface area contributed by atoms with E-state index in [1.54, 1.807) is 6.07 Å². The molecule has 8 heteroatoms. The Bertz CT molecular complexity index is 972. The van der Waals surface area contributed by atoms with E-state index in [0.29, 0.717) is 31.1 Å². The van der Waals surface area contributed by atoms with E-state index in [-0.39, 0.29) is 34.5 Å². The topological polar surface area (TPSA) is 123 Å². The molecule has 3 rings (SSSR count). The Morgan fingerprint density at radius 2 is 2.11 bits per heavy atom. The maximum absolute atomic E-state index is 13.0. The van der Waals surface area contributed by atoms with Gasteiger partial charge in [-0.25, -0.2) is 9.78 Å². The minimum Gasteiger partial charge on any atom is -0.348 e. The number of hydrogen-bond donors (Lipinski definition) is 3. The number of carbonyl (C=O) groups excluding carboxylic acids is 1. The third-order valence-electron chi connectivity index (χ3n) is 5.01. The standard InChI is InChI=1S/C19H27N5O3/c1-4-7-24-16-15(18(26)23-19(24)27)12(8-13(21-16)10(2)3)17(25)22-14(9-20)11-5-6-11/h8,10-11,14H,4-7,9,20H2,1-3H3,(H,22,25)(H,23,26,27). The van der Waals surface area contributed by atoms with Crippen LogP contribution in [-0.2, 0) is 6.54 Å². The van der Waals surface area contributed by atoms with Crippen LogP contribution in [0.25, 0.3) is 11.0 Å². The van der Waals surface area contributed by atoms with Gasteiger partial charge in [0.2, 0.25) is 0 Å². The fraction of sp³-hybridized carbons (Fsp3) is 0.579. The Kier molecular flexibility index (Phi) is 5.46. The average Bonchev–Trinajstić information content (AvgIpc) is 3.46. The van der Waals surface area contributed by atoms with Gasteiger partial charge < -0.3 is 11.1 Å². The van der Waals surface area contributed by atoms with Crippen LogP contribution < -0.4 is 22.3 Å². The first kappa shape index (κ1) is 19.3. The van der Waals surface area contributed by atoms with Crippen LogP contribution in [0, 0.1) is 5.92 Å². The van der Waals surface area contributed by atoms with Crippen molar-refractivity contribution in [2.75, 3.05) is 6.54 Å². The second kappa shape index (κ2) is 7.64. The van der Waals surface area contributed by atoms with E-state index in [0.717, 1.165) is 12.8 Å². The third-order valence-corrected chi connectivity index (χ3v) is 5.01. The average molecular weight is 373 g/mol. The molecule has 2 aromatic heterocycles. The number of H-pyrrole nitrogens is 1. The predicted octanol–water partition coefficient (Wildman–Crippen LogP) is 1.09. The van der Waals surface area contributed by atoms with E-state index >= 15 is 0 Å². The molecule has 1 aliphatic rings. The largest absolute Gasteiger partial charge is 0.348 e. The molecular formula is C19H27N5O3. The van der Waals surface area contributed by atoms with Crippen LogP contribution >= 0.6 is 0 Å². The second-order valence-corrected chi connectivity index (χ2v) is 7.51. The summed E-state index contributed by atoms with van der Waals surface area (Å²) >= 11 is 0. The van der Waals surface area contributed by atoms with Gasteiger partial charge in [0.25, 0.3) is 11.5 Å². The normalized spacial score (nSPS) is 15.3. The van der Waals surface area contributed by atoms with E-state index < -0.39 is 11.2 Å². The van der Waals surface area contributed by atoms with Gasteiger partial charge in [-0.3, -0.25) is 19.1 Å². The molecule has 27 heavy (non-hydrogen) atoms. The van der Waals surface area contributed by atoms with Gasteiger partial charge in [0.05, 0.1) is 10.9 Å². The third kappa shape index (κ3) is 3.80. The summed E-state index contributed by atoms with van der Waals surface area (Å²) in [5.74, 6) is 0.0891. The number of aryl methyl sites for hydroxylation is 1. The molecule has 0 radical (unpaired) electrons. The summed E-state index contributed by atoms with van der Waals surface area (Å²) in [4.78, 5) is 44.7. The van der Waals surface area contributed by atoms with Crippen LogP contribution in [0.1, 0.15) is 62.0 Å². The predicted molar refractivity (Wildman–Crippen MR) is 104 cm³/mol. The molecule has 2 aromatic rings. The van der Waals surface area contributed by atoms with Gasteiger partial charge in [-0.2, -0.15) is 0 Å². The number of fused-ring (bicyclic) bond motifs is 1. The molecule has 0 spiro atoms. The van der Waals surface area contributed by atoms with Gasteiger partial charge in [0, 0.05) is 24.8 Å². The highest BCUT2D eigenvalue weighted by Gasteiger charge is 2.32. The molecule has 1 fully saturated rings. The van der Waals surface area contributed by atoms with Crippen molar-refractivity contribution >= 4 is 16.9 Å². The molecule has 1 atom stereocenters. The summed E-state index contributed by atoms with van der Waals surface area (Å²) in [6.45, 7) is 6.61. The number of nitrogens with zero attached hydrogens (tertiary/aromatic N) is 2. The van der Waals surface area contributed by atoms with Crippen LogP contribution in [0.4, 0.5) is 0 Å². The van der Waals surface area contributed by atoms with Crippen LogP contribution in [-0.4, -0.2) is 33.0 Å². The van der Waals surface area contributed by atoms with Crippen molar-refractivity contribution in [1.82, 2.24) is 19.9 Å². The first-order valence-electron chi connectivity index (χ1n) is 9.56. The Labute approximate surface area is 157 Å². The maximum atomic E-state index is 13.0. The summed E-state index contributed by atoms with van der Waals surface area (Å²) in [7, 11) is 0. The number of carbonyl (C=O) groups is 1. The lowest BCUT2D eigenvalue weighted by molar-refractivity contribution is 0.0935. The number of rotatable bonds is 7. The van der Waals surface area contributed by atoms with Crippen LogP contribution in [0.3, 0.4) is 0 Å². The Hall–Kier alpha value is -2.48. The van der Waals surface area contributed by atoms with E-state index in [4.69, 9.17) is 5.73 Å². The summed E-state index contributed by atoms with van der Waals surface area (Å²) in [5, 5.41) is 3.11. The van der Waals surface area contributed by atoms with E-state index in [9.17, 15) is 14.4 Å². The molecule has 4 N–H and O–H groups in total. The lowest BCUT2D eigenvalue weighted by Crippen LogP contribution is -2.42. The van der Waals surface area contributed by atoms with Crippen molar-refractivity contribution in [2.45, 2.75) is 58.5 Å². The number of pyridine rings is 1. The Morgan fingerprint density at radius 1 is 1.41 bits per heavy atom. The number of aromatic amines is 1. The highest BCUT2D eigenvalue weighted by molar-refractivity contribution is 6.05. The summed E-state index contributed by atoms with van der Waals surface area (Å²) in [6, 6.07) is 1.54. The van der Waals surface area contributed by atoms with Gasteiger partial charge in [-0.1, -0.05) is 20.8 Å². The molecule has 1 saturated carbocycles. The van der Waals surface area contributed by atoms with Gasteiger partial charge >= 0.3 is 5.69 Å². The molecule has 146 valence electrons. The smallest absolute Gasteiger partial charge is 0.329 e. The molecule has 1 amide bonds. The Morgan fingerprint density at radius 3 is 2.67 bits per heavy atom. The van der Waals surface area contributed by atoms with Crippen LogP contribution in [0.15, 0.2) is 15.7 Å². The molecule has 0 aliphatic heterocycles. The fourth-order valence-electron chi connectivity index (χ4n) is 3.31. The quantitative estimate of drug-likeness (QED) is 0.670. The van der Waals surface area contributed by atoms with E-state index in [1.165, 1.54) is 4.57 Å². The van der Waals surface area contributed by atoms with Gasteiger partial charge in [-0.05, 0) is 37.2 Å². The summed E-state index contributed by atoms with van der Waals surface area (Å²) < 4.78 is 1.43. The summed E-state index contributed by atoms with van der Waals surface area (Å²) in [6.07, 6.45) is 2.80. The number of hydrogen-bond acceptors (Lipinski definition) is 5. The molecule has 1 aliphatic carbocycles. The van der Waals surface area contributed by atoms with Crippen LogP contribution in [0.2, 0.25) is 0 Å². The van der Waals surface area contributed by atoms with Crippen molar-refractivity contribution < 1.29 is 4.79 Å². The molecule has 0 bridgehead atoms. The zero-order valence-corrected chi connectivity index (χ0v) is 16.0. The van der Waals surface area contributed by atoms with Crippen molar-refractivity contribution in [2.24, 2.45) is 11.7 Å². The van der Waals surface area contributed by atoms with E-state index in [1.807, 2.05) is 20.8 Å². The summed E-state index contributed by atoms with van der Waals surface area (Å²) in [5.41, 5.74) is 5.88. The highest BCUT2D eigenvalue weighted by atomic mass is 16.2. The monoisotopic (exact) mass is 373 g/mol. The van der Waals surface area contributed by atoms with Gasteiger partial charge in [-0.15, -0.1) is 0 Å². The van der Waals surface area contributed by atoms with Gasteiger partial charge in [0.15, 0.2) is 5.65 Å². The van der Waals surface area contributed by atoms with Crippen molar-refractivity contribution in [3.8, 4) is 0 Å². The van der Waals surface area contributed by atoms with Crippen molar-refractivity contribution in [1.29, 1.82) is 0 Å². The van der Waals surface area contributed by atoms with Crippen molar-refractivity contribution in [3.63, 3.8) is 0 Å². The lowest BCUT2D eigenvalue weighted by Gasteiger charge is -2.18. The zero-order chi connectivity index (χ0) is 19.7. The first-order chi connectivity index (χ1) is 12.9. The molecule has 0 aromatic carbocycles.